The molecule has 0 unspecified atom stereocenters. The summed E-state index contributed by atoms with van der Waals surface area (Å²) in [5.41, 5.74) is 1.13. The Balaban J connectivity index is 1.90. The molecule has 0 amide bonds. The van der Waals surface area contributed by atoms with Crippen LogP contribution in [0.2, 0.25) is 0 Å². The lowest BCUT2D eigenvalue weighted by Crippen LogP contribution is -2.45. The molecule has 130 valence electrons. The summed E-state index contributed by atoms with van der Waals surface area (Å²) in [6.07, 6.45) is 0.981. The van der Waals surface area contributed by atoms with E-state index in [-0.39, 0.29) is 0 Å². The van der Waals surface area contributed by atoms with E-state index in [2.05, 4.69) is 44.5 Å². The minimum absolute atomic E-state index is 0.700. The predicted molar refractivity (Wildman–Crippen MR) is 97.5 cm³/mol. The third-order valence-corrected chi connectivity index (χ3v) is 4.35. The number of hydrogen-bond acceptors (Lipinski definition) is 5. The fourth-order valence-electron chi connectivity index (χ4n) is 2.67. The van der Waals surface area contributed by atoms with Crippen molar-refractivity contribution in [3.63, 3.8) is 0 Å². The average Bonchev–Trinajstić information content (AvgIpc) is 2.58. The molecule has 0 spiro atoms. The number of nitrogens with zero attached hydrogens (tertiary/aromatic N) is 1. The predicted octanol–water partition coefficient (Wildman–Crippen LogP) is 2.24. The van der Waals surface area contributed by atoms with Gasteiger partial charge in [-0.15, -0.1) is 0 Å². The van der Waals surface area contributed by atoms with E-state index < -0.39 is 0 Å². The zero-order valence-corrected chi connectivity index (χ0v) is 15.7. The standard InChI is InChI=1S/C17H28BrN3O2/c1-3-10-23-17-14(11-15(18)12-16(17)22-2)13-20-6-9-21-7-4-19-5-8-21/h11-12,19-20H,3-10,13H2,1-2H3. The molecule has 0 bridgehead atoms. The summed E-state index contributed by atoms with van der Waals surface area (Å²) >= 11 is 3.55. The number of benzene rings is 1. The highest BCUT2D eigenvalue weighted by Gasteiger charge is 2.13. The number of ether oxygens (including phenoxy) is 2. The molecule has 0 saturated carbocycles. The summed E-state index contributed by atoms with van der Waals surface area (Å²) < 4.78 is 12.4. The van der Waals surface area contributed by atoms with Gasteiger partial charge in [-0.25, -0.2) is 0 Å². The first-order valence-corrected chi connectivity index (χ1v) is 9.17. The van der Waals surface area contributed by atoms with Crippen molar-refractivity contribution < 1.29 is 9.47 Å². The lowest BCUT2D eigenvalue weighted by molar-refractivity contribution is 0.240. The number of halogens is 1. The van der Waals surface area contributed by atoms with Crippen molar-refractivity contribution in [2.75, 3.05) is 53.0 Å². The molecule has 23 heavy (non-hydrogen) atoms. The average molecular weight is 386 g/mol. The van der Waals surface area contributed by atoms with Crippen molar-refractivity contribution in [3.05, 3.63) is 22.2 Å². The number of hydrogen-bond donors (Lipinski definition) is 2. The highest BCUT2D eigenvalue weighted by atomic mass is 79.9. The van der Waals surface area contributed by atoms with Gasteiger partial charge in [0.05, 0.1) is 13.7 Å². The topological polar surface area (TPSA) is 45.8 Å². The second-order valence-electron chi connectivity index (χ2n) is 5.71. The first kappa shape index (κ1) is 18.5. The van der Waals surface area contributed by atoms with Crippen LogP contribution in [-0.2, 0) is 6.54 Å². The summed E-state index contributed by atoms with van der Waals surface area (Å²) in [5, 5.41) is 6.91. The maximum absolute atomic E-state index is 5.91. The van der Waals surface area contributed by atoms with E-state index in [4.69, 9.17) is 9.47 Å². The van der Waals surface area contributed by atoms with E-state index in [9.17, 15) is 0 Å². The van der Waals surface area contributed by atoms with Gasteiger partial charge in [-0.2, -0.15) is 0 Å². The van der Waals surface area contributed by atoms with E-state index in [0.717, 1.165) is 73.8 Å². The normalized spacial score (nSPS) is 15.6. The molecule has 1 heterocycles. The molecule has 2 N–H and O–H groups in total. The van der Waals surface area contributed by atoms with E-state index in [1.165, 1.54) is 0 Å². The largest absolute Gasteiger partial charge is 0.493 e. The fraction of sp³-hybridized carbons (Fsp3) is 0.647. The van der Waals surface area contributed by atoms with Gasteiger partial charge in [0, 0.05) is 55.8 Å². The molecule has 1 aromatic rings. The van der Waals surface area contributed by atoms with Crippen LogP contribution in [-0.4, -0.2) is 57.9 Å². The summed E-state index contributed by atoms with van der Waals surface area (Å²) in [4.78, 5) is 2.49. The Bertz CT molecular complexity index is 479. The molecule has 6 heteroatoms. The van der Waals surface area contributed by atoms with Crippen LogP contribution in [0.3, 0.4) is 0 Å². The molecule has 1 aliphatic heterocycles. The van der Waals surface area contributed by atoms with Crippen LogP contribution >= 0.6 is 15.9 Å². The minimum atomic E-state index is 0.700. The fourth-order valence-corrected chi connectivity index (χ4v) is 3.15. The Morgan fingerprint density at radius 1 is 1.30 bits per heavy atom. The Hall–Kier alpha value is -0.820. The van der Waals surface area contributed by atoms with Crippen molar-refractivity contribution in [2.45, 2.75) is 19.9 Å². The Kier molecular flexibility index (Phi) is 8.16. The quantitative estimate of drug-likeness (QED) is 0.638. The summed E-state index contributed by atoms with van der Waals surface area (Å²) in [7, 11) is 1.68. The minimum Gasteiger partial charge on any atom is -0.493 e. The van der Waals surface area contributed by atoms with Gasteiger partial charge in [0.2, 0.25) is 0 Å². The monoisotopic (exact) mass is 385 g/mol. The Morgan fingerprint density at radius 3 is 2.78 bits per heavy atom. The number of nitrogens with one attached hydrogen (secondary N) is 2. The molecule has 2 rings (SSSR count). The van der Waals surface area contributed by atoms with Crippen LogP contribution in [0.5, 0.6) is 11.5 Å². The molecule has 5 nitrogen and oxygen atoms in total. The van der Waals surface area contributed by atoms with Gasteiger partial charge < -0.3 is 20.1 Å². The lowest BCUT2D eigenvalue weighted by atomic mass is 10.2. The molecule has 0 radical (unpaired) electrons. The van der Waals surface area contributed by atoms with Gasteiger partial charge in [-0.1, -0.05) is 22.9 Å². The molecule has 0 aromatic heterocycles. The molecule has 1 aliphatic rings. The van der Waals surface area contributed by atoms with Crippen molar-refractivity contribution in [3.8, 4) is 11.5 Å². The summed E-state index contributed by atoms with van der Waals surface area (Å²) in [6, 6.07) is 4.06. The molecule has 0 aliphatic carbocycles. The van der Waals surface area contributed by atoms with Crippen LogP contribution in [0.4, 0.5) is 0 Å². The summed E-state index contributed by atoms with van der Waals surface area (Å²) in [6.45, 7) is 10.1. The van der Waals surface area contributed by atoms with E-state index >= 15 is 0 Å². The van der Waals surface area contributed by atoms with Crippen LogP contribution in [0.25, 0.3) is 0 Å². The smallest absolute Gasteiger partial charge is 0.165 e. The first-order chi connectivity index (χ1) is 11.2. The molecule has 1 fully saturated rings. The van der Waals surface area contributed by atoms with Crippen LogP contribution in [0, 0.1) is 0 Å². The maximum atomic E-state index is 5.91. The van der Waals surface area contributed by atoms with Crippen LogP contribution in [0.1, 0.15) is 18.9 Å². The Labute approximate surface area is 147 Å². The second-order valence-corrected chi connectivity index (χ2v) is 6.63. The summed E-state index contributed by atoms with van der Waals surface area (Å²) in [5.74, 6) is 1.64. The third-order valence-electron chi connectivity index (χ3n) is 3.90. The SMILES string of the molecule is CCCOc1c(CNCCN2CCNCC2)cc(Br)cc1OC. The highest BCUT2D eigenvalue weighted by molar-refractivity contribution is 9.10. The molecule has 0 atom stereocenters. The molecular formula is C17H28BrN3O2. The number of rotatable bonds is 9. The van der Waals surface area contributed by atoms with Gasteiger partial charge >= 0.3 is 0 Å². The number of methoxy groups -OCH3 is 1. The zero-order chi connectivity index (χ0) is 16.5. The highest BCUT2D eigenvalue weighted by Crippen LogP contribution is 2.35. The first-order valence-electron chi connectivity index (χ1n) is 8.37. The third kappa shape index (κ3) is 5.95. The van der Waals surface area contributed by atoms with Gasteiger partial charge in [0.1, 0.15) is 0 Å². The van der Waals surface area contributed by atoms with Crippen molar-refractivity contribution in [1.82, 2.24) is 15.5 Å². The van der Waals surface area contributed by atoms with E-state index in [0.29, 0.717) is 6.61 Å². The second kappa shape index (κ2) is 10.1. The van der Waals surface area contributed by atoms with Gasteiger partial charge in [-0.3, -0.25) is 4.90 Å². The van der Waals surface area contributed by atoms with Gasteiger partial charge in [-0.05, 0) is 18.6 Å². The van der Waals surface area contributed by atoms with Crippen molar-refractivity contribution >= 4 is 15.9 Å². The van der Waals surface area contributed by atoms with Gasteiger partial charge in [0.25, 0.3) is 0 Å². The van der Waals surface area contributed by atoms with Crippen molar-refractivity contribution in [2.24, 2.45) is 0 Å². The van der Waals surface area contributed by atoms with E-state index in [1.807, 2.05) is 6.07 Å². The Morgan fingerprint density at radius 2 is 2.09 bits per heavy atom. The molecular weight excluding hydrogens is 358 g/mol. The number of piperazine rings is 1. The van der Waals surface area contributed by atoms with Gasteiger partial charge in [0.15, 0.2) is 11.5 Å². The maximum Gasteiger partial charge on any atom is 0.165 e. The zero-order valence-electron chi connectivity index (χ0n) is 14.2. The van der Waals surface area contributed by atoms with Crippen LogP contribution in [0.15, 0.2) is 16.6 Å². The van der Waals surface area contributed by atoms with Crippen molar-refractivity contribution in [1.29, 1.82) is 0 Å². The van der Waals surface area contributed by atoms with Crippen LogP contribution < -0.4 is 20.1 Å². The molecule has 1 saturated heterocycles. The lowest BCUT2D eigenvalue weighted by Gasteiger charge is -2.27. The van der Waals surface area contributed by atoms with E-state index in [1.54, 1.807) is 7.11 Å². The molecule has 1 aromatic carbocycles.